The lowest BCUT2D eigenvalue weighted by Crippen LogP contribution is -2.57. The first-order valence-corrected chi connectivity index (χ1v) is 12.0. The van der Waals surface area contributed by atoms with Crippen molar-refractivity contribution in [1.29, 1.82) is 0 Å². The molecule has 1 aliphatic heterocycles. The number of aromatic nitrogens is 3. The average Bonchev–Trinajstić information content (AvgIpc) is 3.39. The van der Waals surface area contributed by atoms with E-state index >= 15 is 0 Å². The molecule has 2 atom stereocenters. The summed E-state index contributed by atoms with van der Waals surface area (Å²) in [6.45, 7) is 8.76. The second kappa shape index (κ2) is 8.27. The van der Waals surface area contributed by atoms with E-state index in [1.807, 2.05) is 25.1 Å². The number of nitrogens with zero attached hydrogens (tertiary/aromatic N) is 3. The van der Waals surface area contributed by atoms with Crippen molar-refractivity contribution < 1.29 is 14.3 Å². The Morgan fingerprint density at radius 2 is 2.12 bits per heavy atom. The maximum absolute atomic E-state index is 13.2. The van der Waals surface area contributed by atoms with Gasteiger partial charge < -0.3 is 19.5 Å². The van der Waals surface area contributed by atoms with E-state index < -0.39 is 6.04 Å². The number of anilines is 1. The average molecular weight is 464 g/mol. The van der Waals surface area contributed by atoms with E-state index in [0.29, 0.717) is 12.0 Å². The molecule has 1 unspecified atom stereocenters. The quantitative estimate of drug-likeness (QED) is 0.617. The van der Waals surface area contributed by atoms with Crippen molar-refractivity contribution in [2.75, 3.05) is 25.2 Å². The van der Waals surface area contributed by atoms with Crippen molar-refractivity contribution in [3.05, 3.63) is 35.5 Å². The summed E-state index contributed by atoms with van der Waals surface area (Å²) in [5.74, 6) is -0.277. The number of benzene rings is 1. The van der Waals surface area contributed by atoms with Crippen LogP contribution in [0.5, 0.6) is 0 Å². The Bertz CT molecular complexity index is 1260. The lowest BCUT2D eigenvalue weighted by Gasteiger charge is -2.38. The van der Waals surface area contributed by atoms with Gasteiger partial charge in [-0.2, -0.15) is 5.10 Å². The van der Waals surface area contributed by atoms with Gasteiger partial charge in [0.05, 0.1) is 18.3 Å². The van der Waals surface area contributed by atoms with Gasteiger partial charge in [0.1, 0.15) is 18.3 Å². The molecular formula is C26H33N5O3. The zero-order valence-electron chi connectivity index (χ0n) is 20.6. The molecule has 2 aromatic heterocycles. The molecule has 3 heterocycles. The van der Waals surface area contributed by atoms with Gasteiger partial charge >= 0.3 is 0 Å². The molecule has 180 valence electrons. The summed E-state index contributed by atoms with van der Waals surface area (Å²) in [5.41, 5.74) is 6.53. The first kappa shape index (κ1) is 22.7. The molecule has 0 spiro atoms. The smallest absolute Gasteiger partial charge is 0.249 e. The van der Waals surface area contributed by atoms with Crippen LogP contribution in [0.25, 0.3) is 22.3 Å². The summed E-state index contributed by atoms with van der Waals surface area (Å²) in [4.78, 5) is 32.4. The molecule has 1 aliphatic carbocycles. The first-order chi connectivity index (χ1) is 16.1. The van der Waals surface area contributed by atoms with Crippen molar-refractivity contribution in [1.82, 2.24) is 20.1 Å². The topological polar surface area (TPSA) is 94.3 Å². The van der Waals surface area contributed by atoms with E-state index in [1.165, 1.54) is 11.3 Å². The maximum atomic E-state index is 13.2. The van der Waals surface area contributed by atoms with E-state index in [4.69, 9.17) is 4.74 Å². The Morgan fingerprint density at radius 3 is 2.88 bits per heavy atom. The fourth-order valence-corrected chi connectivity index (χ4v) is 5.36. The number of likely N-dealkylation sites (N-methyl/N-ethyl adjacent to an activating group) is 1. The Labute approximate surface area is 199 Å². The van der Waals surface area contributed by atoms with Crippen LogP contribution in [-0.4, -0.2) is 64.2 Å². The Hall–Kier alpha value is -3.13. The fourth-order valence-electron chi connectivity index (χ4n) is 5.36. The van der Waals surface area contributed by atoms with Crippen LogP contribution in [0.2, 0.25) is 0 Å². The fraction of sp³-hybridized carbons (Fsp3) is 0.500. The first-order valence-electron chi connectivity index (χ1n) is 12.0. The minimum Gasteiger partial charge on any atom is -0.370 e. The highest BCUT2D eigenvalue weighted by molar-refractivity contribution is 6.00. The highest BCUT2D eigenvalue weighted by Crippen LogP contribution is 2.38. The van der Waals surface area contributed by atoms with E-state index in [9.17, 15) is 9.59 Å². The number of hydrogen-bond donors (Lipinski definition) is 2. The molecule has 1 saturated heterocycles. The number of rotatable bonds is 4. The monoisotopic (exact) mass is 463 g/mol. The molecule has 34 heavy (non-hydrogen) atoms. The van der Waals surface area contributed by atoms with Crippen LogP contribution < -0.4 is 4.90 Å². The molecule has 8 heteroatoms. The molecule has 5 rings (SSSR count). The molecule has 8 nitrogen and oxygen atoms in total. The van der Waals surface area contributed by atoms with Crippen LogP contribution in [0.1, 0.15) is 45.4 Å². The second-order valence-corrected chi connectivity index (χ2v) is 10.6. The van der Waals surface area contributed by atoms with Gasteiger partial charge in [-0.1, -0.05) is 19.9 Å². The summed E-state index contributed by atoms with van der Waals surface area (Å²) >= 11 is 0. The molecule has 1 aromatic carbocycles. The molecule has 2 N–H and O–H groups in total. The number of nitrogens with one attached hydrogen (secondary N) is 2. The molecular weight excluding hydrogens is 430 g/mol. The van der Waals surface area contributed by atoms with Crippen LogP contribution in [-0.2, 0) is 27.2 Å². The van der Waals surface area contributed by atoms with E-state index in [-0.39, 0.29) is 24.5 Å². The standard InChI is InChI=1S/C26H33N5O3/c1-15-13-34-14-23(32)31(15)16(2)25(33)30(5)18-7-6-17-10-21(27-20(17)11-18)24-19-8-9-26(3,4)12-22(19)28-29-24/h6-7,10-11,15-16,27H,8-9,12-14H2,1-5H3,(H,28,29)/t15?,16-/m1/s1. The minimum absolute atomic E-state index is 0.0251. The Balaban J connectivity index is 1.40. The van der Waals surface area contributed by atoms with Crippen molar-refractivity contribution in [3.8, 4) is 11.4 Å². The normalized spacial score (nSPS) is 20.9. The van der Waals surface area contributed by atoms with Gasteiger partial charge in [-0.05, 0) is 56.7 Å². The zero-order valence-corrected chi connectivity index (χ0v) is 20.6. The third kappa shape index (κ3) is 3.90. The number of carbonyl (C=O) groups excluding carboxylic acids is 2. The summed E-state index contributed by atoms with van der Waals surface area (Å²) in [6, 6.07) is 7.37. The predicted octanol–water partition coefficient (Wildman–Crippen LogP) is 3.67. The zero-order chi connectivity index (χ0) is 24.2. The number of aromatic amines is 2. The van der Waals surface area contributed by atoms with Gasteiger partial charge in [0.25, 0.3) is 0 Å². The van der Waals surface area contributed by atoms with Gasteiger partial charge in [0.2, 0.25) is 11.8 Å². The number of H-pyrrole nitrogens is 2. The van der Waals surface area contributed by atoms with Crippen LogP contribution in [0.15, 0.2) is 24.3 Å². The number of carbonyl (C=O) groups is 2. The molecule has 0 radical (unpaired) electrons. The highest BCUT2D eigenvalue weighted by Gasteiger charge is 2.35. The van der Waals surface area contributed by atoms with Crippen molar-refractivity contribution in [2.24, 2.45) is 5.41 Å². The number of morpholine rings is 1. The summed E-state index contributed by atoms with van der Waals surface area (Å²) in [7, 11) is 1.76. The molecule has 2 amide bonds. The molecule has 0 bridgehead atoms. The largest absolute Gasteiger partial charge is 0.370 e. The lowest BCUT2D eigenvalue weighted by atomic mass is 9.76. The number of amides is 2. The lowest BCUT2D eigenvalue weighted by molar-refractivity contribution is -0.154. The molecule has 0 saturated carbocycles. The number of hydrogen-bond acceptors (Lipinski definition) is 4. The molecule has 2 aliphatic rings. The van der Waals surface area contributed by atoms with Crippen LogP contribution in [0, 0.1) is 5.41 Å². The van der Waals surface area contributed by atoms with Crippen molar-refractivity contribution in [2.45, 2.75) is 59.0 Å². The Morgan fingerprint density at radius 1 is 1.32 bits per heavy atom. The predicted molar refractivity (Wildman–Crippen MR) is 132 cm³/mol. The van der Waals surface area contributed by atoms with Gasteiger partial charge in [-0.25, -0.2) is 0 Å². The van der Waals surface area contributed by atoms with E-state index in [0.717, 1.165) is 47.2 Å². The summed E-state index contributed by atoms with van der Waals surface area (Å²) in [6.07, 6.45) is 3.17. The van der Waals surface area contributed by atoms with Crippen molar-refractivity contribution in [3.63, 3.8) is 0 Å². The summed E-state index contributed by atoms with van der Waals surface area (Å²) in [5, 5.41) is 8.96. The SMILES string of the molecule is CC1COCC(=O)N1[C@H](C)C(=O)N(C)c1ccc2cc(-c3n[nH]c4c3CCC(C)(C)C4)[nH]c2c1. The van der Waals surface area contributed by atoms with Gasteiger partial charge in [0, 0.05) is 34.9 Å². The third-order valence-corrected chi connectivity index (χ3v) is 7.36. The van der Waals surface area contributed by atoms with E-state index in [2.05, 4.69) is 35.1 Å². The van der Waals surface area contributed by atoms with Crippen LogP contribution in [0.3, 0.4) is 0 Å². The number of ether oxygens (including phenoxy) is 1. The minimum atomic E-state index is -0.564. The number of fused-ring (bicyclic) bond motifs is 2. The summed E-state index contributed by atoms with van der Waals surface area (Å²) < 4.78 is 5.30. The Kier molecular flexibility index (Phi) is 5.51. The molecule has 1 fully saturated rings. The van der Waals surface area contributed by atoms with Crippen LogP contribution >= 0.6 is 0 Å². The van der Waals surface area contributed by atoms with E-state index in [1.54, 1.807) is 23.8 Å². The van der Waals surface area contributed by atoms with Gasteiger partial charge in [-0.3, -0.25) is 14.7 Å². The third-order valence-electron chi connectivity index (χ3n) is 7.36. The second-order valence-electron chi connectivity index (χ2n) is 10.6. The molecule has 3 aromatic rings. The van der Waals surface area contributed by atoms with Crippen LogP contribution in [0.4, 0.5) is 5.69 Å². The highest BCUT2D eigenvalue weighted by atomic mass is 16.5. The van der Waals surface area contributed by atoms with Crippen molar-refractivity contribution >= 4 is 28.4 Å². The maximum Gasteiger partial charge on any atom is 0.249 e. The van der Waals surface area contributed by atoms with Gasteiger partial charge in [-0.15, -0.1) is 0 Å². The van der Waals surface area contributed by atoms with Gasteiger partial charge in [0.15, 0.2) is 0 Å².